The molecule has 0 fully saturated rings. The van der Waals surface area contributed by atoms with Gasteiger partial charge in [0.1, 0.15) is 35.5 Å². The van der Waals surface area contributed by atoms with Crippen LogP contribution in [0.2, 0.25) is 0 Å². The summed E-state index contributed by atoms with van der Waals surface area (Å²) in [4.78, 5) is 125. The van der Waals surface area contributed by atoms with Crippen molar-refractivity contribution in [1.29, 1.82) is 0 Å². The van der Waals surface area contributed by atoms with Gasteiger partial charge in [-0.05, 0) is 56.5 Å². The molecule has 0 rings (SSSR count). The number of thioether (sulfide) groups is 3. The molecule has 0 aliphatic carbocycles. The van der Waals surface area contributed by atoms with Crippen LogP contribution in [0.4, 0.5) is 0 Å². The predicted octanol–water partition coefficient (Wildman–Crippen LogP) is 14.7. The first-order chi connectivity index (χ1) is 40.1. The lowest BCUT2D eigenvalue weighted by atomic mass is 9.86. The van der Waals surface area contributed by atoms with Crippen molar-refractivity contribution in [1.82, 2.24) is 29.4 Å². The quantitative estimate of drug-likeness (QED) is 0.0540. The number of carbonyl (C=O) groups is 9. The molecule has 0 heterocycles. The van der Waals surface area contributed by atoms with Crippen LogP contribution in [-0.4, -0.2) is 194 Å². The number of ketones is 3. The molecule has 18 heteroatoms. The smallest absolute Gasteiger partial charge is 0.245 e. The molecule has 0 aromatic rings. The molecule has 516 valence electrons. The summed E-state index contributed by atoms with van der Waals surface area (Å²) in [6.07, 6.45) is 14.1. The highest BCUT2D eigenvalue weighted by Gasteiger charge is 2.37. The van der Waals surface area contributed by atoms with E-state index >= 15 is 0 Å². The lowest BCUT2D eigenvalue weighted by molar-refractivity contribution is -0.146. The molecule has 0 aromatic heterocycles. The van der Waals surface area contributed by atoms with Gasteiger partial charge in [0.2, 0.25) is 35.4 Å². The summed E-state index contributed by atoms with van der Waals surface area (Å²) >= 11 is 5.64. The van der Waals surface area contributed by atoms with Crippen LogP contribution in [0.5, 0.6) is 0 Å². The van der Waals surface area contributed by atoms with E-state index in [1.165, 1.54) is 14.7 Å². The van der Waals surface area contributed by atoms with Crippen LogP contribution in [-0.2, 0) is 43.2 Å². The van der Waals surface area contributed by atoms with E-state index in [0.29, 0.717) is 49.4 Å². The van der Waals surface area contributed by atoms with Gasteiger partial charge in [-0.15, -0.1) is 0 Å². The van der Waals surface area contributed by atoms with Gasteiger partial charge in [0.25, 0.3) is 0 Å². The summed E-state index contributed by atoms with van der Waals surface area (Å²) in [5.41, 5.74) is -1.60. The monoisotopic (exact) mass is 1300 g/mol. The van der Waals surface area contributed by atoms with E-state index in [9.17, 15) is 43.2 Å². The number of nitrogens with zero attached hydrogens (tertiary/aromatic N) is 6. The Bertz CT molecular complexity index is 2080. The van der Waals surface area contributed by atoms with Gasteiger partial charge in [-0.25, -0.2) is 0 Å². The van der Waals surface area contributed by atoms with Gasteiger partial charge in [-0.1, -0.05) is 184 Å². The highest BCUT2D eigenvalue weighted by Crippen LogP contribution is 2.28. The summed E-state index contributed by atoms with van der Waals surface area (Å²) in [6.45, 7) is 44.5. The minimum Gasteiger partial charge on any atom is -0.344 e. The summed E-state index contributed by atoms with van der Waals surface area (Å²) < 4.78 is 0.665. The van der Waals surface area contributed by atoms with E-state index in [1.54, 1.807) is 68.7 Å². The second-order valence-corrected chi connectivity index (χ2v) is 35.9. The zero-order valence-corrected chi connectivity index (χ0v) is 63.9. The van der Waals surface area contributed by atoms with Gasteiger partial charge >= 0.3 is 0 Å². The summed E-state index contributed by atoms with van der Waals surface area (Å²) in [5, 5.41) is 0. The third kappa shape index (κ3) is 42.1. The Kier molecular flexibility index (Phi) is 44.2. The minimum atomic E-state index is -0.731. The Morgan fingerprint density at radius 2 is 0.534 bits per heavy atom. The lowest BCUT2D eigenvalue weighted by Gasteiger charge is -2.32. The van der Waals surface area contributed by atoms with E-state index < -0.39 is 34.4 Å². The van der Waals surface area contributed by atoms with Crippen molar-refractivity contribution in [3.8, 4) is 0 Å². The Hall–Kier alpha value is -3.12. The first-order valence-corrected chi connectivity index (χ1v) is 36.1. The number of carbonyl (C=O) groups excluding carboxylic acids is 9. The fraction of sp³-hybridized carbons (Fsp3) is 0.871. The minimum absolute atomic E-state index is 0.00333. The Morgan fingerprint density at radius 1 is 0.307 bits per heavy atom. The van der Waals surface area contributed by atoms with E-state index in [-0.39, 0.29) is 81.5 Å². The van der Waals surface area contributed by atoms with E-state index in [1.807, 2.05) is 85.8 Å². The third-order valence-electron chi connectivity index (χ3n) is 15.0. The SMILES string of the molecule is CCCCN(C)C(=O)C(CC(=O)C(C)(C)C)N(C)C(=O)CCCCCCSC(C)(C)C.CCCCN(C)C(=O)C(CC(=O)C(C)(C)C)N(C)C(=O)CCCCCSC(C)(C)C.CCCCN(C)C(=O)C(CC(=O)C(C)(C)C)N(C)C(=O)CCSC(C)(C)C. The molecule has 0 aliphatic rings. The maximum absolute atomic E-state index is 13.1. The van der Waals surface area contributed by atoms with Crippen LogP contribution in [0.1, 0.15) is 267 Å². The number of unbranched alkanes of at least 4 members (excludes halogenated alkanes) is 8. The largest absolute Gasteiger partial charge is 0.344 e. The molecular weight excluding hydrogens is 1170 g/mol. The number of rotatable bonds is 37. The maximum atomic E-state index is 13.1. The van der Waals surface area contributed by atoms with Crippen LogP contribution >= 0.6 is 35.3 Å². The zero-order chi connectivity index (χ0) is 69.2. The molecule has 88 heavy (non-hydrogen) atoms. The van der Waals surface area contributed by atoms with E-state index in [2.05, 4.69) is 83.1 Å². The van der Waals surface area contributed by atoms with Gasteiger partial charge < -0.3 is 29.4 Å². The fourth-order valence-corrected chi connectivity index (χ4v) is 11.2. The molecule has 6 amide bonds. The molecule has 0 aromatic carbocycles. The molecule has 0 spiro atoms. The summed E-state index contributed by atoms with van der Waals surface area (Å²) in [6, 6.07) is -2.17. The van der Waals surface area contributed by atoms with Crippen LogP contribution < -0.4 is 0 Å². The van der Waals surface area contributed by atoms with Crippen LogP contribution in [0.15, 0.2) is 0 Å². The first-order valence-electron chi connectivity index (χ1n) is 33.1. The molecule has 0 aliphatic heterocycles. The summed E-state index contributed by atoms with van der Waals surface area (Å²) in [5.74, 6) is 2.32. The number of likely N-dealkylation sites (N-methyl/N-ethyl adjacent to an activating group) is 6. The Labute approximate surface area is 552 Å². The van der Waals surface area contributed by atoms with Crippen molar-refractivity contribution in [2.24, 2.45) is 16.2 Å². The molecule has 3 unspecified atom stereocenters. The van der Waals surface area contributed by atoms with Crippen molar-refractivity contribution in [3.63, 3.8) is 0 Å². The molecule has 0 bridgehead atoms. The topological polar surface area (TPSA) is 173 Å². The van der Waals surface area contributed by atoms with Crippen molar-refractivity contribution in [2.75, 3.05) is 79.2 Å². The number of hydrogen-bond acceptors (Lipinski definition) is 12. The lowest BCUT2D eigenvalue weighted by Crippen LogP contribution is -2.50. The van der Waals surface area contributed by atoms with E-state index in [4.69, 9.17) is 0 Å². The predicted molar refractivity (Wildman–Crippen MR) is 377 cm³/mol. The maximum Gasteiger partial charge on any atom is 0.245 e. The standard InChI is InChI=1S/C25H48N2O3S.C24H46N2O3S.C21H40N2O3S/c1-10-11-17-26(8)23(30)20(19-21(28)24(2,3)4)27(9)22(29)16-14-12-13-15-18-31-25(5,6)7;1-10-11-16-25(8)22(29)19(18-20(27)23(2,3)4)26(9)21(28)15-13-12-14-17-30-24(5,6)7;1-10-11-13-22(8)19(26)16(15-17(24)20(2,3)4)23(9)18(25)12-14-27-21(5,6)7/h20H,10-19H2,1-9H3;19H,10-18H2,1-9H3;16H,10-15H2,1-9H3. The normalized spacial score (nSPS) is 13.1. The van der Waals surface area contributed by atoms with E-state index in [0.717, 1.165) is 95.0 Å². The third-order valence-corrected chi connectivity index (χ3v) is 19.0. The Balaban J connectivity index is -0.00000123. The highest BCUT2D eigenvalue weighted by molar-refractivity contribution is 8.01. The molecule has 0 radical (unpaired) electrons. The van der Waals surface area contributed by atoms with Gasteiger partial charge in [0.15, 0.2) is 0 Å². The van der Waals surface area contributed by atoms with Crippen LogP contribution in [0.3, 0.4) is 0 Å². The van der Waals surface area contributed by atoms with Crippen molar-refractivity contribution in [3.05, 3.63) is 0 Å². The zero-order valence-electron chi connectivity index (χ0n) is 61.5. The fourth-order valence-electron chi connectivity index (χ4n) is 8.43. The van der Waals surface area contributed by atoms with Gasteiger partial charge in [0.05, 0.1) is 0 Å². The van der Waals surface area contributed by atoms with Crippen LogP contribution in [0.25, 0.3) is 0 Å². The van der Waals surface area contributed by atoms with Crippen LogP contribution in [0, 0.1) is 16.2 Å². The Morgan fingerprint density at radius 3 is 0.773 bits per heavy atom. The van der Waals surface area contributed by atoms with Gasteiger partial charge in [-0.3, -0.25) is 43.2 Å². The molecule has 15 nitrogen and oxygen atoms in total. The van der Waals surface area contributed by atoms with Crippen molar-refractivity contribution < 1.29 is 43.2 Å². The van der Waals surface area contributed by atoms with Crippen molar-refractivity contribution >= 4 is 88.1 Å². The number of amides is 6. The van der Waals surface area contributed by atoms with Gasteiger partial charge in [0, 0.05) is 137 Å². The average molecular weight is 1300 g/mol. The molecule has 3 atom stereocenters. The highest BCUT2D eigenvalue weighted by atomic mass is 32.2. The van der Waals surface area contributed by atoms with Gasteiger partial charge in [-0.2, -0.15) is 35.3 Å². The second kappa shape index (κ2) is 43.7. The molecule has 0 saturated carbocycles. The number of hydrogen-bond donors (Lipinski definition) is 0. The second-order valence-electron chi connectivity index (χ2n) is 30.1. The van der Waals surface area contributed by atoms with Crippen molar-refractivity contribution in [2.45, 2.75) is 300 Å². The molecule has 0 N–H and O–H groups in total. The average Bonchev–Trinajstić information content (AvgIpc) is 3.25. The number of Topliss-reactive ketones (excluding diaryl/α,β-unsaturated/α-hetero) is 3. The molecular formula is C70H134N6O9S3. The summed E-state index contributed by atoms with van der Waals surface area (Å²) in [7, 11) is 10.3. The molecule has 0 saturated heterocycles. The first kappa shape index (κ1) is 89.1.